The van der Waals surface area contributed by atoms with E-state index in [1.54, 1.807) is 12.1 Å². The van der Waals surface area contributed by atoms with Gasteiger partial charge < -0.3 is 0 Å². The van der Waals surface area contributed by atoms with Crippen molar-refractivity contribution in [3.8, 4) is 0 Å². The van der Waals surface area contributed by atoms with E-state index in [-0.39, 0.29) is 10.6 Å². The molecule has 0 amide bonds. The largest absolute Gasteiger partial charge is 0.303 e. The van der Waals surface area contributed by atoms with Crippen LogP contribution < -0.4 is 0 Å². The fraction of sp³-hybridized carbons (Fsp3) is 0.182. The Morgan fingerprint density at radius 2 is 1.76 bits per heavy atom. The summed E-state index contributed by atoms with van der Waals surface area (Å²) in [6, 6.07) is 6.22. The Balaban J connectivity index is 2.62. The first-order valence-corrected chi connectivity index (χ1v) is 6.39. The lowest BCUT2D eigenvalue weighted by Gasteiger charge is -2.07. The Morgan fingerprint density at radius 3 is 2.24 bits per heavy atom. The molecule has 1 heterocycles. The van der Waals surface area contributed by atoms with Crippen molar-refractivity contribution in [3.05, 3.63) is 47.8 Å². The van der Waals surface area contributed by atoms with E-state index >= 15 is 0 Å². The van der Waals surface area contributed by atoms with Gasteiger partial charge in [0.1, 0.15) is 0 Å². The Labute approximate surface area is 98.8 Å². The molecule has 0 bridgehead atoms. The van der Waals surface area contributed by atoms with E-state index in [0.717, 1.165) is 5.56 Å². The van der Waals surface area contributed by atoms with Crippen LogP contribution in [0.25, 0.3) is 0 Å². The van der Waals surface area contributed by atoms with E-state index in [9.17, 15) is 12.8 Å². The molecular formula is C11H11FN2O2S. The van der Waals surface area contributed by atoms with Crippen LogP contribution in [0, 0.1) is 19.9 Å². The summed E-state index contributed by atoms with van der Waals surface area (Å²) in [6.07, 6.45) is 0.157. The van der Waals surface area contributed by atoms with Crippen LogP contribution in [0.3, 0.4) is 0 Å². The van der Waals surface area contributed by atoms with E-state index in [1.807, 2.05) is 6.92 Å². The molecule has 0 atom stereocenters. The van der Waals surface area contributed by atoms with Crippen LogP contribution in [0.5, 0.6) is 0 Å². The number of aromatic nitrogens is 2. The van der Waals surface area contributed by atoms with Crippen molar-refractivity contribution in [1.82, 2.24) is 8.96 Å². The zero-order valence-electron chi connectivity index (χ0n) is 9.38. The Kier molecular flexibility index (Phi) is 2.74. The van der Waals surface area contributed by atoms with Gasteiger partial charge in [0.2, 0.25) is 0 Å². The molecule has 0 saturated carbocycles. The lowest BCUT2D eigenvalue weighted by Crippen LogP contribution is -2.16. The van der Waals surface area contributed by atoms with E-state index in [0.29, 0.717) is 3.97 Å². The predicted molar refractivity (Wildman–Crippen MR) is 60.7 cm³/mol. The standard InChI is InChI=1S/C11H11FN2O2S/c1-8-3-5-10(6-4-8)17(15,16)14-9(2)7-13-11(14)12/h3-7H,1-2H3. The van der Waals surface area contributed by atoms with Crippen LogP contribution in [0.1, 0.15) is 11.3 Å². The predicted octanol–water partition coefficient (Wildman–Crippen LogP) is 1.88. The molecule has 2 rings (SSSR count). The van der Waals surface area contributed by atoms with Gasteiger partial charge in [-0.05, 0) is 26.0 Å². The van der Waals surface area contributed by atoms with Gasteiger partial charge in [0.05, 0.1) is 16.8 Å². The molecule has 0 N–H and O–H groups in total. The Morgan fingerprint density at radius 1 is 1.18 bits per heavy atom. The highest BCUT2D eigenvalue weighted by molar-refractivity contribution is 7.90. The Bertz CT molecular complexity index is 625. The summed E-state index contributed by atoms with van der Waals surface area (Å²) >= 11 is 0. The van der Waals surface area contributed by atoms with Gasteiger partial charge >= 0.3 is 6.08 Å². The SMILES string of the molecule is Cc1ccc(S(=O)(=O)n2c(C)cnc2F)cc1. The molecule has 17 heavy (non-hydrogen) atoms. The molecule has 0 aliphatic rings. The molecule has 1 aromatic carbocycles. The van der Waals surface area contributed by atoms with Gasteiger partial charge in [-0.25, -0.2) is 13.4 Å². The molecule has 1 aromatic heterocycles. The highest BCUT2D eigenvalue weighted by Gasteiger charge is 2.22. The minimum absolute atomic E-state index is 0.0445. The van der Waals surface area contributed by atoms with Gasteiger partial charge in [0.25, 0.3) is 10.0 Å². The number of hydrogen-bond acceptors (Lipinski definition) is 3. The molecule has 6 heteroatoms. The zero-order valence-corrected chi connectivity index (χ0v) is 10.2. The molecule has 4 nitrogen and oxygen atoms in total. The fourth-order valence-corrected chi connectivity index (χ4v) is 2.86. The molecule has 0 fully saturated rings. The topological polar surface area (TPSA) is 52.0 Å². The van der Waals surface area contributed by atoms with Crippen LogP contribution in [-0.4, -0.2) is 17.4 Å². The quantitative estimate of drug-likeness (QED) is 0.822. The maximum atomic E-state index is 13.3. The van der Waals surface area contributed by atoms with Crippen molar-refractivity contribution in [2.24, 2.45) is 0 Å². The number of imidazole rings is 1. The minimum atomic E-state index is -3.89. The smallest absolute Gasteiger partial charge is 0.210 e. The van der Waals surface area contributed by atoms with Gasteiger partial charge in [0, 0.05) is 0 Å². The third-order valence-corrected chi connectivity index (χ3v) is 4.19. The van der Waals surface area contributed by atoms with Crippen molar-refractivity contribution in [3.63, 3.8) is 0 Å². The fourth-order valence-electron chi connectivity index (χ4n) is 1.50. The minimum Gasteiger partial charge on any atom is -0.210 e. The number of halogens is 1. The number of hydrogen-bond donors (Lipinski definition) is 0. The summed E-state index contributed by atoms with van der Waals surface area (Å²) in [4.78, 5) is 3.39. The summed E-state index contributed by atoms with van der Waals surface area (Å²) in [5.74, 6) is 0. The molecule has 0 unspecified atom stereocenters. The van der Waals surface area contributed by atoms with Crippen molar-refractivity contribution < 1.29 is 12.8 Å². The third-order valence-electron chi connectivity index (χ3n) is 2.41. The molecular weight excluding hydrogens is 243 g/mol. The maximum absolute atomic E-state index is 13.3. The van der Waals surface area contributed by atoms with Crippen LogP contribution >= 0.6 is 0 Å². The summed E-state index contributed by atoms with van der Waals surface area (Å²) < 4.78 is 38.2. The molecule has 0 aliphatic carbocycles. The van der Waals surface area contributed by atoms with Crippen molar-refractivity contribution in [1.29, 1.82) is 0 Å². The molecule has 2 aromatic rings. The molecule has 90 valence electrons. The second-order valence-corrected chi connectivity index (χ2v) is 5.54. The monoisotopic (exact) mass is 254 g/mol. The second-order valence-electron chi connectivity index (χ2n) is 3.75. The second kappa shape index (κ2) is 3.96. The van der Waals surface area contributed by atoms with Crippen LogP contribution in [0.4, 0.5) is 4.39 Å². The van der Waals surface area contributed by atoms with Gasteiger partial charge in [-0.2, -0.15) is 8.36 Å². The van der Waals surface area contributed by atoms with Crippen LogP contribution in [-0.2, 0) is 10.0 Å². The normalized spacial score (nSPS) is 11.7. The average molecular weight is 254 g/mol. The summed E-state index contributed by atoms with van der Waals surface area (Å²) in [5, 5.41) is 0. The average Bonchev–Trinajstić information content (AvgIpc) is 2.59. The van der Waals surface area contributed by atoms with Crippen LogP contribution in [0.15, 0.2) is 35.4 Å². The lowest BCUT2D eigenvalue weighted by molar-refractivity contribution is 0.514. The highest BCUT2D eigenvalue weighted by atomic mass is 32.2. The summed E-state index contributed by atoms with van der Waals surface area (Å²) in [6.45, 7) is 3.33. The van der Waals surface area contributed by atoms with Gasteiger partial charge in [-0.1, -0.05) is 17.7 Å². The number of rotatable bonds is 2. The number of nitrogens with zero attached hydrogens (tertiary/aromatic N) is 2. The Hall–Kier alpha value is -1.69. The highest BCUT2D eigenvalue weighted by Crippen LogP contribution is 2.17. The lowest BCUT2D eigenvalue weighted by atomic mass is 10.2. The van der Waals surface area contributed by atoms with E-state index < -0.39 is 16.1 Å². The summed E-state index contributed by atoms with van der Waals surface area (Å²) in [5.41, 5.74) is 1.18. The zero-order chi connectivity index (χ0) is 12.6. The molecule has 0 spiro atoms. The van der Waals surface area contributed by atoms with E-state index in [1.165, 1.54) is 25.3 Å². The number of benzene rings is 1. The van der Waals surface area contributed by atoms with Gasteiger partial charge in [-0.15, -0.1) is 0 Å². The number of aryl methyl sites for hydroxylation is 2. The summed E-state index contributed by atoms with van der Waals surface area (Å²) in [7, 11) is -3.89. The first-order valence-electron chi connectivity index (χ1n) is 4.95. The van der Waals surface area contributed by atoms with Gasteiger partial charge in [0.15, 0.2) is 0 Å². The van der Waals surface area contributed by atoms with Crippen LogP contribution in [0.2, 0.25) is 0 Å². The van der Waals surface area contributed by atoms with Crippen molar-refractivity contribution >= 4 is 10.0 Å². The third kappa shape index (κ3) is 1.95. The maximum Gasteiger partial charge on any atom is 0.303 e. The van der Waals surface area contributed by atoms with E-state index in [4.69, 9.17) is 0 Å². The molecule has 0 aliphatic heterocycles. The molecule has 0 saturated heterocycles. The van der Waals surface area contributed by atoms with E-state index in [2.05, 4.69) is 4.98 Å². The first kappa shape index (κ1) is 11.8. The van der Waals surface area contributed by atoms with Crippen molar-refractivity contribution in [2.75, 3.05) is 0 Å². The van der Waals surface area contributed by atoms with Crippen molar-refractivity contribution in [2.45, 2.75) is 18.7 Å². The first-order chi connectivity index (χ1) is 7.93. The van der Waals surface area contributed by atoms with Gasteiger partial charge in [-0.3, -0.25) is 0 Å². The molecule has 0 radical (unpaired) electrons.